The lowest BCUT2D eigenvalue weighted by molar-refractivity contribution is -0.143. The van der Waals surface area contributed by atoms with Crippen molar-refractivity contribution >= 4 is 23.6 Å². The van der Waals surface area contributed by atoms with Crippen molar-refractivity contribution in [2.75, 3.05) is 12.9 Å². The van der Waals surface area contributed by atoms with Crippen molar-refractivity contribution in [2.24, 2.45) is 11.7 Å². The molecule has 0 saturated carbocycles. The lowest BCUT2D eigenvalue weighted by Crippen LogP contribution is -2.14. The average molecular weight is 267 g/mol. The van der Waals surface area contributed by atoms with Gasteiger partial charge in [0.1, 0.15) is 0 Å². The predicted molar refractivity (Wildman–Crippen MR) is 72.3 cm³/mol. The number of rotatable bonds is 6. The van der Waals surface area contributed by atoms with Crippen LogP contribution in [0.4, 0.5) is 0 Å². The molecule has 0 radical (unpaired) electrons. The number of methoxy groups -OCH3 is 1. The molecule has 1 rings (SSSR count). The van der Waals surface area contributed by atoms with Crippen LogP contribution >= 0.6 is 11.8 Å². The third-order valence-corrected chi connectivity index (χ3v) is 3.75. The maximum Gasteiger partial charge on any atom is 0.309 e. The number of carbonyl (C=O) groups excluding carboxylic acids is 2. The molecule has 0 heterocycles. The van der Waals surface area contributed by atoms with Gasteiger partial charge in [0.05, 0.1) is 13.0 Å². The summed E-state index contributed by atoms with van der Waals surface area (Å²) < 4.78 is 4.65. The van der Waals surface area contributed by atoms with Gasteiger partial charge in [-0.05, 0) is 17.7 Å². The van der Waals surface area contributed by atoms with E-state index in [-0.39, 0.29) is 11.9 Å². The molecule has 18 heavy (non-hydrogen) atoms. The Balaban J connectivity index is 2.40. The molecule has 0 bridgehead atoms. The summed E-state index contributed by atoms with van der Waals surface area (Å²) in [5.74, 6) is 0.787. The summed E-state index contributed by atoms with van der Waals surface area (Å²) in [5, 5.41) is 0. The SMILES string of the molecule is COC(=O)C(C)CSCc1ccc(C(N)=O)cc1. The first-order chi connectivity index (χ1) is 8.54. The van der Waals surface area contributed by atoms with E-state index in [1.54, 1.807) is 23.9 Å². The number of hydrogen-bond acceptors (Lipinski definition) is 4. The number of esters is 1. The van der Waals surface area contributed by atoms with Gasteiger partial charge in [-0.2, -0.15) is 11.8 Å². The fourth-order valence-corrected chi connectivity index (χ4v) is 2.42. The van der Waals surface area contributed by atoms with Crippen molar-refractivity contribution in [3.63, 3.8) is 0 Å². The molecule has 0 aliphatic carbocycles. The monoisotopic (exact) mass is 267 g/mol. The number of amides is 1. The molecule has 2 N–H and O–H groups in total. The minimum absolute atomic E-state index is 0.107. The highest BCUT2D eigenvalue weighted by atomic mass is 32.2. The molecule has 1 amide bonds. The van der Waals surface area contributed by atoms with Gasteiger partial charge in [-0.3, -0.25) is 9.59 Å². The number of hydrogen-bond donors (Lipinski definition) is 1. The second-order valence-corrected chi connectivity index (χ2v) is 5.03. The van der Waals surface area contributed by atoms with Crippen LogP contribution in [-0.4, -0.2) is 24.7 Å². The van der Waals surface area contributed by atoms with Crippen LogP contribution in [0.25, 0.3) is 0 Å². The van der Waals surface area contributed by atoms with E-state index in [2.05, 4.69) is 4.74 Å². The zero-order valence-electron chi connectivity index (χ0n) is 10.5. The largest absolute Gasteiger partial charge is 0.469 e. The van der Waals surface area contributed by atoms with Gasteiger partial charge in [0.15, 0.2) is 0 Å². The summed E-state index contributed by atoms with van der Waals surface area (Å²) in [5.41, 5.74) is 6.76. The molecule has 1 atom stereocenters. The van der Waals surface area contributed by atoms with Gasteiger partial charge in [-0.25, -0.2) is 0 Å². The summed E-state index contributed by atoms with van der Waals surface area (Å²) >= 11 is 1.66. The van der Waals surface area contributed by atoms with Crippen molar-refractivity contribution < 1.29 is 14.3 Å². The minimum atomic E-state index is -0.423. The molecule has 0 aliphatic rings. The van der Waals surface area contributed by atoms with Crippen molar-refractivity contribution in [2.45, 2.75) is 12.7 Å². The molecule has 0 spiro atoms. The lowest BCUT2D eigenvalue weighted by Gasteiger charge is -2.08. The first-order valence-electron chi connectivity index (χ1n) is 5.59. The Hall–Kier alpha value is -1.49. The summed E-state index contributed by atoms with van der Waals surface area (Å²) in [6.07, 6.45) is 0. The number of thioether (sulfide) groups is 1. The van der Waals surface area contributed by atoms with E-state index in [4.69, 9.17) is 5.73 Å². The Labute approximate surface area is 111 Å². The summed E-state index contributed by atoms with van der Waals surface area (Å²) in [6, 6.07) is 7.16. The lowest BCUT2D eigenvalue weighted by atomic mass is 10.1. The molecular weight excluding hydrogens is 250 g/mol. The number of nitrogens with two attached hydrogens (primary N) is 1. The van der Waals surface area contributed by atoms with Crippen LogP contribution in [0.15, 0.2) is 24.3 Å². The Kier molecular flexibility index (Phi) is 5.71. The quantitative estimate of drug-likeness (QED) is 0.798. The molecule has 4 nitrogen and oxygen atoms in total. The highest BCUT2D eigenvalue weighted by molar-refractivity contribution is 7.98. The van der Waals surface area contributed by atoms with Gasteiger partial charge in [-0.1, -0.05) is 19.1 Å². The minimum Gasteiger partial charge on any atom is -0.469 e. The highest BCUT2D eigenvalue weighted by Crippen LogP contribution is 2.16. The van der Waals surface area contributed by atoms with Crippen molar-refractivity contribution in [3.05, 3.63) is 35.4 Å². The number of primary amides is 1. The van der Waals surface area contributed by atoms with Gasteiger partial charge < -0.3 is 10.5 Å². The number of carbonyl (C=O) groups is 2. The van der Waals surface area contributed by atoms with Crippen LogP contribution in [0.5, 0.6) is 0 Å². The van der Waals surface area contributed by atoms with Gasteiger partial charge in [0.25, 0.3) is 0 Å². The normalized spacial score (nSPS) is 11.9. The third-order valence-electron chi connectivity index (χ3n) is 2.48. The molecular formula is C13H17NO3S. The zero-order chi connectivity index (χ0) is 13.5. The predicted octanol–water partition coefficient (Wildman–Crippen LogP) is 1.83. The third kappa shape index (κ3) is 4.41. The average Bonchev–Trinajstić information content (AvgIpc) is 2.38. The molecule has 0 aliphatic heterocycles. The summed E-state index contributed by atoms with van der Waals surface area (Å²) in [6.45, 7) is 1.84. The van der Waals surface area contributed by atoms with Crippen LogP contribution in [-0.2, 0) is 15.3 Å². The Bertz CT molecular complexity index is 417. The maximum absolute atomic E-state index is 11.2. The Morgan fingerprint density at radius 1 is 1.33 bits per heavy atom. The van der Waals surface area contributed by atoms with Crippen molar-refractivity contribution in [1.82, 2.24) is 0 Å². The topological polar surface area (TPSA) is 69.4 Å². The molecule has 0 aromatic heterocycles. The second-order valence-electron chi connectivity index (χ2n) is 4.00. The van der Waals surface area contributed by atoms with E-state index >= 15 is 0 Å². The van der Waals surface area contributed by atoms with E-state index in [1.807, 2.05) is 19.1 Å². The maximum atomic E-state index is 11.2. The fourth-order valence-electron chi connectivity index (χ4n) is 1.39. The molecule has 1 aromatic carbocycles. The molecule has 98 valence electrons. The van der Waals surface area contributed by atoms with E-state index in [1.165, 1.54) is 7.11 Å². The van der Waals surface area contributed by atoms with E-state index in [0.29, 0.717) is 11.3 Å². The number of ether oxygens (including phenoxy) is 1. The molecule has 0 fully saturated rings. The first-order valence-corrected chi connectivity index (χ1v) is 6.74. The van der Waals surface area contributed by atoms with Gasteiger partial charge in [-0.15, -0.1) is 0 Å². The first kappa shape index (κ1) is 14.6. The summed E-state index contributed by atoms with van der Waals surface area (Å²) in [4.78, 5) is 22.1. The van der Waals surface area contributed by atoms with Gasteiger partial charge >= 0.3 is 5.97 Å². The van der Waals surface area contributed by atoms with Gasteiger partial charge in [0.2, 0.25) is 5.91 Å². The molecule has 1 aromatic rings. The van der Waals surface area contributed by atoms with E-state index in [9.17, 15) is 9.59 Å². The van der Waals surface area contributed by atoms with Crippen LogP contribution in [0.2, 0.25) is 0 Å². The zero-order valence-corrected chi connectivity index (χ0v) is 11.3. The summed E-state index contributed by atoms with van der Waals surface area (Å²) in [7, 11) is 1.39. The molecule has 1 unspecified atom stereocenters. The standard InChI is InChI=1S/C13H17NO3S/c1-9(13(16)17-2)7-18-8-10-3-5-11(6-4-10)12(14)15/h3-6,9H,7-8H2,1-2H3,(H2,14,15). The highest BCUT2D eigenvalue weighted by Gasteiger charge is 2.12. The Morgan fingerprint density at radius 2 is 1.94 bits per heavy atom. The van der Waals surface area contributed by atoms with Crippen LogP contribution in [0.3, 0.4) is 0 Å². The molecule has 5 heteroatoms. The second kappa shape index (κ2) is 7.06. The smallest absolute Gasteiger partial charge is 0.309 e. The van der Waals surface area contributed by atoms with Gasteiger partial charge in [0, 0.05) is 17.1 Å². The molecule has 0 saturated heterocycles. The van der Waals surface area contributed by atoms with Crippen LogP contribution in [0, 0.1) is 5.92 Å². The number of benzene rings is 1. The fraction of sp³-hybridized carbons (Fsp3) is 0.385. The van der Waals surface area contributed by atoms with Crippen molar-refractivity contribution in [3.8, 4) is 0 Å². The Morgan fingerprint density at radius 3 is 2.44 bits per heavy atom. The van der Waals surface area contributed by atoms with Crippen molar-refractivity contribution in [1.29, 1.82) is 0 Å². The van der Waals surface area contributed by atoms with E-state index in [0.717, 1.165) is 11.3 Å². The van der Waals surface area contributed by atoms with E-state index < -0.39 is 5.91 Å². The van der Waals surface area contributed by atoms with Crippen LogP contribution in [0.1, 0.15) is 22.8 Å². The van der Waals surface area contributed by atoms with Crippen LogP contribution < -0.4 is 5.73 Å².